The molecular weight excluding hydrogens is 225 g/mol. The van der Waals surface area contributed by atoms with Gasteiger partial charge >= 0.3 is 6.18 Å². The van der Waals surface area contributed by atoms with Crippen LogP contribution in [-0.2, 0) is 9.59 Å². The van der Waals surface area contributed by atoms with Gasteiger partial charge in [0.2, 0.25) is 12.6 Å². The SMILES string of the molecule is O=[C]c1cccc(C(=O)C(F)(F)F)c1[C]=O. The molecule has 0 saturated heterocycles. The van der Waals surface area contributed by atoms with Crippen LogP contribution in [-0.4, -0.2) is 24.5 Å². The molecule has 3 nitrogen and oxygen atoms in total. The largest absolute Gasteiger partial charge is 0.454 e. The Morgan fingerprint density at radius 2 is 1.75 bits per heavy atom. The molecule has 0 unspecified atom stereocenters. The summed E-state index contributed by atoms with van der Waals surface area (Å²) in [6.45, 7) is 0. The van der Waals surface area contributed by atoms with Gasteiger partial charge in [0.25, 0.3) is 5.78 Å². The maximum Gasteiger partial charge on any atom is 0.454 e. The Labute approximate surface area is 87.9 Å². The first-order chi connectivity index (χ1) is 7.41. The summed E-state index contributed by atoms with van der Waals surface area (Å²) in [7, 11) is 0. The van der Waals surface area contributed by atoms with Crippen LogP contribution in [0.2, 0.25) is 0 Å². The summed E-state index contributed by atoms with van der Waals surface area (Å²) in [4.78, 5) is 31.6. The minimum Gasteiger partial charge on any atom is -0.285 e. The molecule has 1 aromatic rings. The minimum atomic E-state index is -5.10. The monoisotopic (exact) mass is 228 g/mol. The van der Waals surface area contributed by atoms with Crippen molar-refractivity contribution in [1.82, 2.24) is 0 Å². The average Bonchev–Trinajstić information content (AvgIpc) is 2.25. The van der Waals surface area contributed by atoms with Gasteiger partial charge in [-0.2, -0.15) is 13.2 Å². The van der Waals surface area contributed by atoms with E-state index in [2.05, 4.69) is 0 Å². The number of hydrogen-bond donors (Lipinski definition) is 0. The summed E-state index contributed by atoms with van der Waals surface area (Å²) in [5, 5.41) is 0. The van der Waals surface area contributed by atoms with Gasteiger partial charge in [-0.15, -0.1) is 0 Å². The number of ketones is 1. The van der Waals surface area contributed by atoms with Gasteiger partial charge in [-0.3, -0.25) is 14.4 Å². The zero-order valence-corrected chi connectivity index (χ0v) is 7.59. The number of rotatable bonds is 3. The molecule has 0 fully saturated rings. The van der Waals surface area contributed by atoms with Crippen LogP contribution in [0.3, 0.4) is 0 Å². The fourth-order valence-corrected chi connectivity index (χ4v) is 1.09. The lowest BCUT2D eigenvalue weighted by atomic mass is 9.99. The van der Waals surface area contributed by atoms with Crippen LogP contribution in [0.25, 0.3) is 0 Å². The number of carbonyl (C=O) groups is 1. The first-order valence-electron chi connectivity index (χ1n) is 3.92. The van der Waals surface area contributed by atoms with Crippen molar-refractivity contribution in [2.75, 3.05) is 0 Å². The highest BCUT2D eigenvalue weighted by molar-refractivity contribution is 6.08. The maximum atomic E-state index is 12.1. The molecule has 0 atom stereocenters. The van der Waals surface area contributed by atoms with E-state index in [0.717, 1.165) is 24.5 Å². The second-order valence-corrected chi connectivity index (χ2v) is 2.76. The molecule has 0 aromatic heterocycles. The molecule has 0 aliphatic heterocycles. The lowest BCUT2D eigenvalue weighted by Crippen LogP contribution is -2.24. The Morgan fingerprint density at radius 1 is 1.12 bits per heavy atom. The molecule has 2 radical (unpaired) electrons. The fraction of sp³-hybridized carbons (Fsp3) is 0.100. The van der Waals surface area contributed by atoms with Crippen molar-refractivity contribution < 1.29 is 27.6 Å². The molecule has 0 bridgehead atoms. The first-order valence-corrected chi connectivity index (χ1v) is 3.92. The molecule has 16 heavy (non-hydrogen) atoms. The van der Waals surface area contributed by atoms with Gasteiger partial charge in [0.05, 0.1) is 0 Å². The molecule has 0 amide bonds. The summed E-state index contributed by atoms with van der Waals surface area (Å²) < 4.78 is 36.3. The van der Waals surface area contributed by atoms with Gasteiger partial charge in [0, 0.05) is 16.7 Å². The van der Waals surface area contributed by atoms with Crippen LogP contribution in [0.5, 0.6) is 0 Å². The van der Waals surface area contributed by atoms with Gasteiger partial charge in [0.15, 0.2) is 0 Å². The van der Waals surface area contributed by atoms with E-state index < -0.39 is 28.6 Å². The van der Waals surface area contributed by atoms with Crippen molar-refractivity contribution in [2.45, 2.75) is 6.18 Å². The van der Waals surface area contributed by atoms with Crippen LogP contribution < -0.4 is 0 Å². The second kappa shape index (κ2) is 4.26. The molecule has 1 aromatic carbocycles. The topological polar surface area (TPSA) is 51.2 Å². The number of Topliss-reactive ketones (excluding diaryl/α,β-unsaturated/α-hetero) is 1. The van der Waals surface area contributed by atoms with Crippen LogP contribution >= 0.6 is 0 Å². The summed E-state index contributed by atoms with van der Waals surface area (Å²) in [6.07, 6.45) is -2.71. The van der Waals surface area contributed by atoms with E-state index in [9.17, 15) is 27.6 Å². The third-order valence-corrected chi connectivity index (χ3v) is 1.78. The van der Waals surface area contributed by atoms with Crippen LogP contribution in [0.4, 0.5) is 13.2 Å². The van der Waals surface area contributed by atoms with Crippen molar-refractivity contribution in [3.8, 4) is 0 Å². The van der Waals surface area contributed by atoms with Crippen LogP contribution in [0, 0.1) is 0 Å². The van der Waals surface area contributed by atoms with E-state index in [0.29, 0.717) is 0 Å². The zero-order chi connectivity index (χ0) is 12.3. The predicted octanol–water partition coefficient (Wildman–Crippen LogP) is 1.35. The Bertz CT molecular complexity index is 449. The Hall–Kier alpha value is -1.98. The number of benzene rings is 1. The molecule has 1 rings (SSSR count). The van der Waals surface area contributed by atoms with Gasteiger partial charge in [-0.25, -0.2) is 0 Å². The van der Waals surface area contributed by atoms with E-state index in [4.69, 9.17) is 0 Å². The third-order valence-electron chi connectivity index (χ3n) is 1.78. The summed E-state index contributed by atoms with van der Waals surface area (Å²) in [5.74, 6) is -2.19. The van der Waals surface area contributed by atoms with Gasteiger partial charge < -0.3 is 0 Å². The molecule has 6 heteroatoms. The number of alkyl halides is 3. The zero-order valence-electron chi connectivity index (χ0n) is 7.59. The van der Waals surface area contributed by atoms with E-state index >= 15 is 0 Å². The molecule has 0 saturated carbocycles. The van der Waals surface area contributed by atoms with E-state index in [-0.39, 0.29) is 0 Å². The maximum absolute atomic E-state index is 12.1. The van der Waals surface area contributed by atoms with Crippen molar-refractivity contribution in [2.24, 2.45) is 0 Å². The molecule has 82 valence electrons. The van der Waals surface area contributed by atoms with Crippen molar-refractivity contribution in [1.29, 1.82) is 0 Å². The van der Waals surface area contributed by atoms with Crippen molar-refractivity contribution in [3.63, 3.8) is 0 Å². The average molecular weight is 228 g/mol. The van der Waals surface area contributed by atoms with E-state index in [1.54, 1.807) is 0 Å². The van der Waals surface area contributed by atoms with E-state index in [1.165, 1.54) is 6.29 Å². The Balaban J connectivity index is 3.40. The normalized spacial score (nSPS) is 10.9. The number of hydrogen-bond acceptors (Lipinski definition) is 3. The number of carbonyl (C=O) groups excluding carboxylic acids is 3. The Morgan fingerprint density at radius 3 is 2.19 bits per heavy atom. The molecule has 0 N–H and O–H groups in total. The summed E-state index contributed by atoms with van der Waals surface area (Å²) >= 11 is 0. The van der Waals surface area contributed by atoms with E-state index in [1.807, 2.05) is 0 Å². The molecule has 0 spiro atoms. The van der Waals surface area contributed by atoms with Gasteiger partial charge in [-0.05, 0) is 0 Å². The highest BCUT2D eigenvalue weighted by atomic mass is 19.4. The lowest BCUT2D eigenvalue weighted by molar-refractivity contribution is -0.0885. The first kappa shape index (κ1) is 12.1. The summed E-state index contributed by atoms with van der Waals surface area (Å²) in [6, 6.07) is 2.93. The highest BCUT2D eigenvalue weighted by Gasteiger charge is 2.40. The third kappa shape index (κ3) is 2.16. The Kier molecular flexibility index (Phi) is 3.22. The van der Waals surface area contributed by atoms with Crippen LogP contribution in [0.1, 0.15) is 21.5 Å². The quantitative estimate of drug-likeness (QED) is 0.733. The lowest BCUT2D eigenvalue weighted by Gasteiger charge is -2.07. The molecular formula is C10H3F3O3. The predicted molar refractivity (Wildman–Crippen MR) is 46.4 cm³/mol. The molecule has 0 heterocycles. The summed E-state index contributed by atoms with van der Waals surface area (Å²) in [5.41, 5.74) is -2.05. The van der Waals surface area contributed by atoms with Crippen molar-refractivity contribution in [3.05, 3.63) is 34.9 Å². The second-order valence-electron chi connectivity index (χ2n) is 2.76. The van der Waals surface area contributed by atoms with Crippen molar-refractivity contribution >= 4 is 18.4 Å². The smallest absolute Gasteiger partial charge is 0.285 e. The number of halogens is 3. The minimum absolute atomic E-state index is 0.426. The molecule has 0 aliphatic carbocycles. The van der Waals surface area contributed by atoms with Crippen LogP contribution in [0.15, 0.2) is 18.2 Å². The van der Waals surface area contributed by atoms with Gasteiger partial charge in [-0.1, -0.05) is 18.2 Å². The fourth-order valence-electron chi connectivity index (χ4n) is 1.09. The highest BCUT2D eigenvalue weighted by Crippen LogP contribution is 2.24. The standard InChI is InChI=1S/C10H3F3O3/c11-10(12,13)9(16)7-3-1-2-6(4-14)8(7)5-15/h1-3H. The van der Waals surface area contributed by atoms with Gasteiger partial charge in [0.1, 0.15) is 0 Å². The molecule has 0 aliphatic rings.